The second kappa shape index (κ2) is 7.61. The maximum absolute atomic E-state index is 6.32. The van der Waals surface area contributed by atoms with E-state index in [1.165, 1.54) is 19.3 Å². The van der Waals surface area contributed by atoms with E-state index in [9.17, 15) is 0 Å². The lowest BCUT2D eigenvalue weighted by atomic mass is 9.68. The van der Waals surface area contributed by atoms with Gasteiger partial charge in [0.05, 0.1) is 19.8 Å². The highest BCUT2D eigenvalue weighted by molar-refractivity contribution is 4.89. The van der Waals surface area contributed by atoms with Gasteiger partial charge in [0.2, 0.25) is 0 Å². The summed E-state index contributed by atoms with van der Waals surface area (Å²) in [5.74, 6) is 0.521. The van der Waals surface area contributed by atoms with Crippen LogP contribution < -0.4 is 0 Å². The van der Waals surface area contributed by atoms with Gasteiger partial charge in [-0.25, -0.2) is 0 Å². The van der Waals surface area contributed by atoms with Gasteiger partial charge in [-0.15, -0.1) is 0 Å². The Bertz CT molecular complexity index is 333. The van der Waals surface area contributed by atoms with Crippen LogP contribution in [0.15, 0.2) is 0 Å². The van der Waals surface area contributed by atoms with Crippen LogP contribution in [-0.4, -0.2) is 43.8 Å². The Hall–Kier alpha value is -0.160. The molecule has 1 saturated carbocycles. The van der Waals surface area contributed by atoms with Crippen LogP contribution >= 0.6 is 0 Å². The van der Waals surface area contributed by atoms with E-state index in [0.717, 1.165) is 44.9 Å². The lowest BCUT2D eigenvalue weighted by Gasteiger charge is -2.42. The first-order chi connectivity index (χ1) is 10.4. The zero-order valence-electron chi connectivity index (χ0n) is 15.2. The molecule has 1 heterocycles. The first kappa shape index (κ1) is 18.2. The molecule has 1 aliphatic carbocycles. The molecule has 0 aromatic heterocycles. The Kier molecular flexibility index (Phi) is 6.29. The van der Waals surface area contributed by atoms with Crippen molar-refractivity contribution in [3.05, 3.63) is 0 Å². The van der Waals surface area contributed by atoms with Gasteiger partial charge in [0.25, 0.3) is 0 Å². The van der Waals surface area contributed by atoms with E-state index in [-0.39, 0.29) is 11.9 Å². The lowest BCUT2D eigenvalue weighted by molar-refractivity contribution is -0.200. The van der Waals surface area contributed by atoms with Crippen LogP contribution in [0, 0.1) is 11.3 Å². The zero-order chi connectivity index (χ0) is 16.2. The first-order valence-electron chi connectivity index (χ1n) is 9.05. The summed E-state index contributed by atoms with van der Waals surface area (Å²) in [6.07, 6.45) is 7.02. The minimum absolute atomic E-state index is 0.222. The lowest BCUT2D eigenvalue weighted by Crippen LogP contribution is -2.39. The summed E-state index contributed by atoms with van der Waals surface area (Å²) in [7, 11) is 1.73. The van der Waals surface area contributed by atoms with Crippen molar-refractivity contribution in [1.82, 2.24) is 5.06 Å². The van der Waals surface area contributed by atoms with Crippen LogP contribution in [0.2, 0.25) is 0 Å². The molecule has 0 bridgehead atoms. The molecule has 0 aromatic carbocycles. The molecule has 4 heteroatoms. The number of rotatable bonds is 7. The van der Waals surface area contributed by atoms with Crippen molar-refractivity contribution >= 4 is 0 Å². The van der Waals surface area contributed by atoms with Gasteiger partial charge in [0.15, 0.2) is 5.79 Å². The minimum atomic E-state index is -0.283. The van der Waals surface area contributed by atoms with E-state index in [2.05, 4.69) is 27.7 Å². The Labute approximate surface area is 136 Å². The zero-order valence-corrected chi connectivity index (χ0v) is 15.2. The molecule has 0 aromatic rings. The summed E-state index contributed by atoms with van der Waals surface area (Å²) in [5.41, 5.74) is 0.444. The third kappa shape index (κ3) is 4.22. The van der Waals surface area contributed by atoms with Crippen molar-refractivity contribution < 1.29 is 14.3 Å². The molecule has 2 rings (SSSR count). The van der Waals surface area contributed by atoms with E-state index < -0.39 is 0 Å². The average Bonchev–Trinajstić information content (AvgIpc) is 2.91. The molecule has 4 nitrogen and oxygen atoms in total. The minimum Gasteiger partial charge on any atom is -0.347 e. The van der Waals surface area contributed by atoms with Crippen molar-refractivity contribution in [3.63, 3.8) is 0 Å². The summed E-state index contributed by atoms with van der Waals surface area (Å²) in [5, 5.41) is 1.97. The Morgan fingerprint density at radius 2 is 1.91 bits per heavy atom. The second-order valence-electron chi connectivity index (χ2n) is 7.57. The smallest absolute Gasteiger partial charge is 0.168 e. The van der Waals surface area contributed by atoms with E-state index in [1.54, 1.807) is 7.11 Å². The first-order valence-corrected chi connectivity index (χ1v) is 9.05. The van der Waals surface area contributed by atoms with Gasteiger partial charge < -0.3 is 14.3 Å². The molecular formula is C18H35NO3. The molecule has 130 valence electrons. The molecule has 1 unspecified atom stereocenters. The summed E-state index contributed by atoms with van der Waals surface area (Å²) < 4.78 is 12.4. The summed E-state index contributed by atoms with van der Waals surface area (Å²) in [6, 6.07) is 0. The number of ether oxygens (including phenoxy) is 2. The van der Waals surface area contributed by atoms with Crippen molar-refractivity contribution in [3.8, 4) is 0 Å². The van der Waals surface area contributed by atoms with Gasteiger partial charge in [-0.05, 0) is 30.6 Å². The fourth-order valence-electron chi connectivity index (χ4n) is 3.82. The van der Waals surface area contributed by atoms with Crippen molar-refractivity contribution in [1.29, 1.82) is 0 Å². The van der Waals surface area contributed by atoms with Gasteiger partial charge in [0.1, 0.15) is 0 Å². The highest BCUT2D eigenvalue weighted by Gasteiger charge is 2.46. The quantitative estimate of drug-likeness (QED) is 0.665. The topological polar surface area (TPSA) is 30.9 Å². The van der Waals surface area contributed by atoms with Crippen LogP contribution in [0.1, 0.15) is 66.2 Å². The van der Waals surface area contributed by atoms with E-state index >= 15 is 0 Å². The Morgan fingerprint density at radius 3 is 2.45 bits per heavy atom. The standard InChI is InChI=1S/C18H35NO3/c1-6-17(3,4)15-8-11-18(12-9-15)21-14-16(22-18)10-13-19(7-2)20-5/h15-16H,6-14H2,1-5H3. The summed E-state index contributed by atoms with van der Waals surface area (Å²) in [4.78, 5) is 5.30. The number of hydroxylamine groups is 2. The Balaban J connectivity index is 1.78. The van der Waals surface area contributed by atoms with Gasteiger partial charge in [-0.1, -0.05) is 34.1 Å². The van der Waals surface area contributed by atoms with Gasteiger partial charge in [-0.2, -0.15) is 5.06 Å². The van der Waals surface area contributed by atoms with E-state index in [1.807, 2.05) is 5.06 Å². The normalized spacial score (nSPS) is 33.0. The predicted octanol–water partition coefficient (Wildman–Crippen LogP) is 4.00. The molecule has 0 amide bonds. The van der Waals surface area contributed by atoms with Gasteiger partial charge in [-0.3, -0.25) is 0 Å². The van der Waals surface area contributed by atoms with Crippen LogP contribution in [0.3, 0.4) is 0 Å². The third-order valence-electron chi connectivity index (χ3n) is 5.99. The fourth-order valence-corrected chi connectivity index (χ4v) is 3.82. The molecule has 0 N–H and O–H groups in total. The summed E-state index contributed by atoms with van der Waals surface area (Å²) >= 11 is 0. The SMILES string of the molecule is CCN(CCC1COC2(CCC(C(C)(C)CC)CC2)O1)OC. The summed E-state index contributed by atoms with van der Waals surface area (Å²) in [6.45, 7) is 11.8. The molecule has 2 aliphatic rings. The molecule has 1 spiro atoms. The van der Waals surface area contributed by atoms with Gasteiger partial charge >= 0.3 is 0 Å². The molecule has 1 aliphatic heterocycles. The maximum atomic E-state index is 6.32. The number of nitrogens with zero attached hydrogens (tertiary/aromatic N) is 1. The average molecular weight is 313 g/mol. The molecule has 0 radical (unpaired) electrons. The van der Waals surface area contributed by atoms with Crippen LogP contribution in [0.25, 0.3) is 0 Å². The highest BCUT2D eigenvalue weighted by Crippen LogP contribution is 2.47. The third-order valence-corrected chi connectivity index (χ3v) is 5.99. The number of hydrogen-bond donors (Lipinski definition) is 0. The van der Waals surface area contributed by atoms with Crippen molar-refractivity contribution in [2.75, 3.05) is 26.8 Å². The fraction of sp³-hybridized carbons (Fsp3) is 1.00. The number of hydrogen-bond acceptors (Lipinski definition) is 4. The van der Waals surface area contributed by atoms with Crippen molar-refractivity contribution in [2.24, 2.45) is 11.3 Å². The second-order valence-corrected chi connectivity index (χ2v) is 7.57. The van der Waals surface area contributed by atoms with E-state index in [0.29, 0.717) is 5.41 Å². The van der Waals surface area contributed by atoms with Crippen LogP contribution in [-0.2, 0) is 14.3 Å². The molecule has 2 fully saturated rings. The van der Waals surface area contributed by atoms with Crippen LogP contribution in [0.4, 0.5) is 0 Å². The van der Waals surface area contributed by atoms with Crippen molar-refractivity contribution in [2.45, 2.75) is 78.1 Å². The highest BCUT2D eigenvalue weighted by atomic mass is 16.7. The molecule has 22 heavy (non-hydrogen) atoms. The largest absolute Gasteiger partial charge is 0.347 e. The van der Waals surface area contributed by atoms with E-state index in [4.69, 9.17) is 14.3 Å². The molecule has 1 saturated heterocycles. The van der Waals surface area contributed by atoms with Gasteiger partial charge in [0, 0.05) is 25.9 Å². The molecule has 1 atom stereocenters. The Morgan fingerprint density at radius 1 is 1.23 bits per heavy atom. The molecular weight excluding hydrogens is 278 g/mol. The monoisotopic (exact) mass is 313 g/mol. The predicted molar refractivity (Wildman–Crippen MR) is 88.5 cm³/mol. The van der Waals surface area contributed by atoms with Crippen LogP contribution in [0.5, 0.6) is 0 Å². The maximum Gasteiger partial charge on any atom is 0.168 e.